The summed E-state index contributed by atoms with van der Waals surface area (Å²) in [5.41, 5.74) is 3.60. The fourth-order valence-electron chi connectivity index (χ4n) is 2.94. The molecule has 0 fully saturated rings. The maximum atomic E-state index is 12.4. The van der Waals surface area contributed by atoms with E-state index in [9.17, 15) is 9.59 Å². The number of amides is 1. The number of hydrogen-bond acceptors (Lipinski definition) is 4. The van der Waals surface area contributed by atoms with Gasteiger partial charge in [0.1, 0.15) is 11.6 Å². The largest absolute Gasteiger partial charge is 0.497 e. The van der Waals surface area contributed by atoms with Gasteiger partial charge < -0.3 is 20.1 Å². The lowest BCUT2D eigenvalue weighted by Crippen LogP contribution is -2.12. The molecule has 3 aromatic carbocycles. The number of fused-ring (bicyclic) bond motifs is 1. The van der Waals surface area contributed by atoms with Crippen LogP contribution in [-0.4, -0.2) is 34.1 Å². The van der Waals surface area contributed by atoms with E-state index < -0.39 is 5.97 Å². The van der Waals surface area contributed by atoms with Crippen LogP contribution in [0, 0.1) is 0 Å². The van der Waals surface area contributed by atoms with Gasteiger partial charge >= 0.3 is 5.97 Å². The first kappa shape index (κ1) is 18.2. The molecule has 0 bridgehead atoms. The number of hydrogen-bond donors (Lipinski definition) is 3. The first-order valence-corrected chi connectivity index (χ1v) is 8.82. The number of anilines is 1. The summed E-state index contributed by atoms with van der Waals surface area (Å²) in [6.45, 7) is 0. The van der Waals surface area contributed by atoms with E-state index in [4.69, 9.17) is 9.84 Å². The van der Waals surface area contributed by atoms with Crippen LogP contribution in [0.4, 0.5) is 5.69 Å². The molecule has 3 N–H and O–H groups in total. The molecule has 0 spiro atoms. The maximum Gasteiger partial charge on any atom is 0.335 e. The second-order valence-electron chi connectivity index (χ2n) is 6.38. The van der Waals surface area contributed by atoms with E-state index in [1.807, 2.05) is 30.3 Å². The molecular formula is C22H17N3O4. The predicted molar refractivity (Wildman–Crippen MR) is 109 cm³/mol. The molecule has 0 aliphatic rings. The van der Waals surface area contributed by atoms with Gasteiger partial charge in [-0.25, -0.2) is 9.78 Å². The number of aromatic carboxylic acids is 1. The normalized spacial score (nSPS) is 10.7. The molecule has 29 heavy (non-hydrogen) atoms. The van der Waals surface area contributed by atoms with Gasteiger partial charge in [-0.05, 0) is 66.7 Å². The Balaban J connectivity index is 1.55. The number of nitrogens with one attached hydrogen (secondary N) is 2. The minimum absolute atomic E-state index is 0.131. The average Bonchev–Trinajstić information content (AvgIpc) is 3.17. The maximum absolute atomic E-state index is 12.4. The van der Waals surface area contributed by atoms with Crippen LogP contribution in [-0.2, 0) is 0 Å². The lowest BCUT2D eigenvalue weighted by atomic mass is 10.1. The molecule has 0 saturated heterocycles. The second-order valence-corrected chi connectivity index (χ2v) is 6.38. The fraction of sp³-hybridized carbons (Fsp3) is 0.0455. The number of aromatic nitrogens is 2. The third kappa shape index (κ3) is 3.79. The van der Waals surface area contributed by atoms with E-state index >= 15 is 0 Å². The molecule has 7 nitrogen and oxygen atoms in total. The highest BCUT2D eigenvalue weighted by Gasteiger charge is 2.10. The minimum Gasteiger partial charge on any atom is -0.497 e. The standard InChI is InChI=1S/C22H17N3O4/c1-29-17-9-6-13(7-10-17)20-24-18-11-8-16(12-19(18)25-20)23-21(26)14-2-4-15(5-3-14)22(27)28/h2-12H,1H3,(H,23,26)(H,24,25)(H,27,28). The zero-order valence-electron chi connectivity index (χ0n) is 15.5. The molecule has 1 aromatic heterocycles. The molecule has 7 heteroatoms. The number of rotatable bonds is 5. The molecule has 0 saturated carbocycles. The summed E-state index contributed by atoms with van der Waals surface area (Å²) in [6.07, 6.45) is 0. The van der Waals surface area contributed by atoms with Crippen LogP contribution in [0.3, 0.4) is 0 Å². The summed E-state index contributed by atoms with van der Waals surface area (Å²) in [7, 11) is 1.62. The van der Waals surface area contributed by atoms with E-state index in [1.165, 1.54) is 24.3 Å². The summed E-state index contributed by atoms with van der Waals surface area (Å²) in [4.78, 5) is 31.2. The number of carboxylic acids is 1. The molecule has 4 rings (SSSR count). The number of imidazole rings is 1. The SMILES string of the molecule is COc1ccc(-c2nc3ccc(NC(=O)c4ccc(C(=O)O)cc4)cc3[nH]2)cc1. The summed E-state index contributed by atoms with van der Waals surface area (Å²) < 4.78 is 5.17. The number of aromatic amines is 1. The van der Waals surface area contributed by atoms with Gasteiger partial charge in [-0.2, -0.15) is 0 Å². The smallest absolute Gasteiger partial charge is 0.335 e. The first-order chi connectivity index (χ1) is 14.0. The van der Waals surface area contributed by atoms with Crippen molar-refractivity contribution >= 4 is 28.6 Å². The van der Waals surface area contributed by atoms with Crippen LogP contribution in [0.2, 0.25) is 0 Å². The molecule has 0 radical (unpaired) electrons. The molecule has 144 valence electrons. The van der Waals surface area contributed by atoms with Gasteiger partial charge in [-0.1, -0.05) is 0 Å². The Morgan fingerprint density at radius 1 is 0.966 bits per heavy atom. The molecule has 1 amide bonds. The summed E-state index contributed by atoms with van der Waals surface area (Å²) in [5.74, 6) is 0.132. The van der Waals surface area contributed by atoms with Crippen molar-refractivity contribution < 1.29 is 19.4 Å². The summed E-state index contributed by atoms with van der Waals surface area (Å²) >= 11 is 0. The van der Waals surface area contributed by atoms with Gasteiger partial charge in [-0.15, -0.1) is 0 Å². The quantitative estimate of drug-likeness (QED) is 0.476. The van der Waals surface area contributed by atoms with E-state index in [0.717, 1.165) is 28.2 Å². The number of H-pyrrole nitrogens is 1. The predicted octanol–water partition coefficient (Wildman–Crippen LogP) is 4.19. The number of ether oxygens (including phenoxy) is 1. The van der Waals surface area contributed by atoms with Crippen molar-refractivity contribution in [2.75, 3.05) is 12.4 Å². The van der Waals surface area contributed by atoms with Gasteiger partial charge in [0.25, 0.3) is 5.91 Å². The van der Waals surface area contributed by atoms with Crippen molar-refractivity contribution in [3.63, 3.8) is 0 Å². The van der Waals surface area contributed by atoms with Gasteiger partial charge in [-0.3, -0.25) is 4.79 Å². The van der Waals surface area contributed by atoms with Crippen LogP contribution < -0.4 is 10.1 Å². The number of carboxylic acid groups (broad SMARTS) is 1. The molecule has 0 aliphatic carbocycles. The highest BCUT2D eigenvalue weighted by Crippen LogP contribution is 2.24. The van der Waals surface area contributed by atoms with E-state index in [-0.39, 0.29) is 11.5 Å². The molecule has 1 heterocycles. The number of carbonyl (C=O) groups excluding carboxylic acids is 1. The Hall–Kier alpha value is -4.13. The van der Waals surface area contributed by atoms with Crippen molar-refractivity contribution in [1.82, 2.24) is 9.97 Å². The first-order valence-electron chi connectivity index (χ1n) is 8.82. The van der Waals surface area contributed by atoms with Gasteiger partial charge in [0, 0.05) is 16.8 Å². The lowest BCUT2D eigenvalue weighted by Gasteiger charge is -2.05. The molecule has 0 atom stereocenters. The molecule has 4 aromatic rings. The van der Waals surface area contributed by atoms with Crippen molar-refractivity contribution in [2.24, 2.45) is 0 Å². The Morgan fingerprint density at radius 2 is 1.66 bits per heavy atom. The van der Waals surface area contributed by atoms with Crippen molar-refractivity contribution in [1.29, 1.82) is 0 Å². The van der Waals surface area contributed by atoms with Crippen LogP contribution in [0.1, 0.15) is 20.7 Å². The topological polar surface area (TPSA) is 104 Å². The zero-order valence-corrected chi connectivity index (χ0v) is 15.5. The lowest BCUT2D eigenvalue weighted by molar-refractivity contribution is 0.0696. The number of carbonyl (C=O) groups is 2. The molecule has 0 aliphatic heterocycles. The van der Waals surface area contributed by atoms with Crippen LogP contribution in [0.25, 0.3) is 22.4 Å². The van der Waals surface area contributed by atoms with Crippen LogP contribution in [0.5, 0.6) is 5.75 Å². The Bertz CT molecular complexity index is 1200. The van der Waals surface area contributed by atoms with Crippen molar-refractivity contribution in [3.05, 3.63) is 77.9 Å². The highest BCUT2D eigenvalue weighted by atomic mass is 16.5. The molecule has 0 unspecified atom stereocenters. The second kappa shape index (κ2) is 7.47. The zero-order chi connectivity index (χ0) is 20.4. The van der Waals surface area contributed by atoms with Gasteiger partial charge in [0.05, 0.1) is 23.7 Å². The van der Waals surface area contributed by atoms with Crippen molar-refractivity contribution in [2.45, 2.75) is 0 Å². The summed E-state index contributed by atoms with van der Waals surface area (Å²) in [5, 5.41) is 11.8. The fourth-order valence-corrected chi connectivity index (χ4v) is 2.94. The van der Waals surface area contributed by atoms with Gasteiger partial charge in [0.2, 0.25) is 0 Å². The van der Waals surface area contributed by atoms with E-state index in [2.05, 4.69) is 15.3 Å². The Kier molecular flexibility index (Phi) is 4.70. The Morgan fingerprint density at radius 3 is 2.31 bits per heavy atom. The third-order valence-corrected chi connectivity index (χ3v) is 4.50. The third-order valence-electron chi connectivity index (χ3n) is 4.50. The number of nitrogens with zero attached hydrogens (tertiary/aromatic N) is 1. The highest BCUT2D eigenvalue weighted by molar-refractivity contribution is 6.05. The van der Waals surface area contributed by atoms with E-state index in [0.29, 0.717) is 11.3 Å². The van der Waals surface area contributed by atoms with Crippen LogP contribution >= 0.6 is 0 Å². The number of benzene rings is 3. The molecular weight excluding hydrogens is 370 g/mol. The summed E-state index contributed by atoms with van der Waals surface area (Å²) in [6, 6.07) is 18.7. The average molecular weight is 387 g/mol. The van der Waals surface area contributed by atoms with Gasteiger partial charge in [0.15, 0.2) is 0 Å². The van der Waals surface area contributed by atoms with Crippen LogP contribution in [0.15, 0.2) is 66.7 Å². The van der Waals surface area contributed by atoms with E-state index in [1.54, 1.807) is 19.2 Å². The minimum atomic E-state index is -1.03. The number of methoxy groups -OCH3 is 1. The van der Waals surface area contributed by atoms with Crippen molar-refractivity contribution in [3.8, 4) is 17.1 Å². The Labute approximate surface area is 166 Å². The monoisotopic (exact) mass is 387 g/mol.